The Morgan fingerprint density at radius 3 is 2.49 bits per heavy atom. The number of carbonyl (C=O) groups is 1. The number of nitrogens with zero attached hydrogens (tertiary/aromatic N) is 5. The van der Waals surface area contributed by atoms with E-state index in [1.807, 2.05) is 33.9 Å². The van der Waals surface area contributed by atoms with Crippen LogP contribution in [0.4, 0.5) is 0 Å². The van der Waals surface area contributed by atoms with Crippen molar-refractivity contribution in [3.8, 4) is 16.9 Å². The molecule has 2 aliphatic rings. The Kier molecular flexibility index (Phi) is 6.58. The van der Waals surface area contributed by atoms with Gasteiger partial charge in [-0.2, -0.15) is 0 Å². The molecule has 3 aromatic heterocycles. The third-order valence-corrected chi connectivity index (χ3v) is 8.59. The Labute approximate surface area is 226 Å². The van der Waals surface area contributed by atoms with E-state index in [2.05, 4.69) is 9.88 Å². The average Bonchev–Trinajstić information content (AvgIpc) is 3.48. The molecule has 1 saturated carbocycles. The minimum Gasteiger partial charge on any atom is -0.490 e. The zero-order valence-electron chi connectivity index (χ0n) is 22.9. The van der Waals surface area contributed by atoms with Gasteiger partial charge in [-0.05, 0) is 37.0 Å². The van der Waals surface area contributed by atoms with Gasteiger partial charge in [-0.1, -0.05) is 6.42 Å². The quantitative estimate of drug-likeness (QED) is 0.395. The van der Waals surface area contributed by atoms with Crippen LogP contribution in [-0.4, -0.2) is 73.7 Å². The van der Waals surface area contributed by atoms with Gasteiger partial charge in [-0.25, -0.2) is 4.79 Å². The lowest BCUT2D eigenvalue weighted by Crippen LogP contribution is -2.48. The summed E-state index contributed by atoms with van der Waals surface area (Å²) in [5.41, 5.74) is 3.76. The summed E-state index contributed by atoms with van der Waals surface area (Å²) < 4.78 is 11.7. The highest BCUT2D eigenvalue weighted by atomic mass is 16.5. The summed E-state index contributed by atoms with van der Waals surface area (Å²) in [6, 6.07) is 5.91. The van der Waals surface area contributed by atoms with E-state index in [4.69, 9.17) is 4.74 Å². The summed E-state index contributed by atoms with van der Waals surface area (Å²) in [7, 11) is 3.56. The normalized spacial score (nSPS) is 16.7. The molecule has 0 radical (unpaired) electrons. The molecule has 1 aromatic carbocycles. The third-order valence-electron chi connectivity index (χ3n) is 8.59. The van der Waals surface area contributed by atoms with Crippen LogP contribution < -0.4 is 16.0 Å². The number of H-pyrrole nitrogens is 1. The van der Waals surface area contributed by atoms with Crippen LogP contribution in [0.25, 0.3) is 33.1 Å². The van der Waals surface area contributed by atoms with E-state index in [1.165, 1.54) is 6.42 Å². The summed E-state index contributed by atoms with van der Waals surface area (Å²) in [6.45, 7) is 6.44. The maximum absolute atomic E-state index is 13.5. The fourth-order valence-electron chi connectivity index (χ4n) is 5.91. The number of benzene rings is 1. The first-order valence-electron chi connectivity index (χ1n) is 13.8. The van der Waals surface area contributed by atoms with E-state index in [0.29, 0.717) is 50.0 Å². The molecule has 39 heavy (non-hydrogen) atoms. The second-order valence-corrected chi connectivity index (χ2v) is 11.0. The van der Waals surface area contributed by atoms with Gasteiger partial charge in [-0.3, -0.25) is 23.6 Å². The van der Waals surface area contributed by atoms with Crippen molar-refractivity contribution in [1.29, 1.82) is 0 Å². The van der Waals surface area contributed by atoms with Gasteiger partial charge in [0.15, 0.2) is 5.75 Å². The fourth-order valence-corrected chi connectivity index (χ4v) is 5.91. The van der Waals surface area contributed by atoms with E-state index in [-0.39, 0.29) is 17.2 Å². The number of aromatic nitrogens is 4. The molecule has 206 valence electrons. The Balaban J connectivity index is 1.44. The highest BCUT2D eigenvalue weighted by molar-refractivity contribution is 6.00. The van der Waals surface area contributed by atoms with Crippen molar-refractivity contribution in [3.05, 3.63) is 51.4 Å². The summed E-state index contributed by atoms with van der Waals surface area (Å²) in [5.74, 6) is 1.32. The zero-order chi connectivity index (χ0) is 27.3. The Morgan fingerprint density at radius 1 is 1.03 bits per heavy atom. The predicted molar refractivity (Wildman–Crippen MR) is 151 cm³/mol. The van der Waals surface area contributed by atoms with Gasteiger partial charge >= 0.3 is 5.69 Å². The minimum absolute atomic E-state index is 0.0785. The van der Waals surface area contributed by atoms with Gasteiger partial charge in [0.05, 0.1) is 12.1 Å². The molecule has 6 rings (SSSR count). The number of amides is 1. The molecule has 0 spiro atoms. The van der Waals surface area contributed by atoms with Crippen molar-refractivity contribution < 1.29 is 9.53 Å². The SMILES string of the molecule is CC(=O)N1CCN(CCn2c(=O)n(C)c3ccc(-c4cn(C)c(=O)c5[nH]ccc45)c(OCC4CCC4)c32)CC1. The molecule has 2 fully saturated rings. The van der Waals surface area contributed by atoms with Crippen LogP contribution >= 0.6 is 0 Å². The lowest BCUT2D eigenvalue weighted by atomic mass is 9.86. The fraction of sp³-hybridized carbons (Fsp3) is 0.483. The largest absolute Gasteiger partial charge is 0.490 e. The molecule has 1 aliphatic heterocycles. The maximum Gasteiger partial charge on any atom is 0.328 e. The van der Waals surface area contributed by atoms with E-state index in [0.717, 1.165) is 53.5 Å². The Bertz CT molecular complexity index is 1660. The number of ether oxygens (including phenoxy) is 1. The zero-order valence-corrected chi connectivity index (χ0v) is 22.9. The van der Waals surface area contributed by atoms with Crippen LogP contribution in [0.2, 0.25) is 0 Å². The Hall–Kier alpha value is -3.79. The molecule has 10 nitrogen and oxygen atoms in total. The lowest BCUT2D eigenvalue weighted by Gasteiger charge is -2.34. The van der Waals surface area contributed by atoms with Gasteiger partial charge in [0.1, 0.15) is 11.0 Å². The van der Waals surface area contributed by atoms with E-state index in [9.17, 15) is 14.4 Å². The minimum atomic E-state index is -0.0849. The molecule has 0 bridgehead atoms. The van der Waals surface area contributed by atoms with Crippen LogP contribution in [0.5, 0.6) is 5.75 Å². The Morgan fingerprint density at radius 2 is 1.79 bits per heavy atom. The van der Waals surface area contributed by atoms with Crippen LogP contribution in [0.3, 0.4) is 0 Å². The molecular weight excluding hydrogens is 496 g/mol. The van der Waals surface area contributed by atoms with Gasteiger partial charge in [0.25, 0.3) is 5.56 Å². The second-order valence-electron chi connectivity index (χ2n) is 11.0. The number of hydrogen-bond donors (Lipinski definition) is 1. The number of fused-ring (bicyclic) bond motifs is 2. The number of aromatic amines is 1. The lowest BCUT2D eigenvalue weighted by molar-refractivity contribution is -0.130. The van der Waals surface area contributed by atoms with Crippen molar-refractivity contribution in [2.45, 2.75) is 32.7 Å². The first-order valence-corrected chi connectivity index (χ1v) is 13.8. The number of nitrogens with one attached hydrogen (secondary N) is 1. The number of pyridine rings is 1. The predicted octanol–water partition coefficient (Wildman–Crippen LogP) is 2.53. The number of hydrogen-bond acceptors (Lipinski definition) is 5. The molecule has 1 amide bonds. The van der Waals surface area contributed by atoms with Crippen molar-refractivity contribution in [2.75, 3.05) is 39.3 Å². The van der Waals surface area contributed by atoms with Crippen LogP contribution in [0.15, 0.2) is 40.2 Å². The van der Waals surface area contributed by atoms with E-state index in [1.54, 1.807) is 36.4 Å². The van der Waals surface area contributed by atoms with Gasteiger partial charge < -0.3 is 19.2 Å². The first-order chi connectivity index (χ1) is 18.8. The standard InChI is InChI=1S/C29H36N6O4/c1-19(36)34-14-11-33(12-15-34)13-16-35-26-24(32(3)29(35)38)8-7-22(27(26)39-18-20-5-4-6-20)23-17-31(2)28(37)25-21(23)9-10-30-25/h7-10,17,20,30H,4-6,11-16,18H2,1-3H3. The van der Waals surface area contributed by atoms with Crippen molar-refractivity contribution in [1.82, 2.24) is 28.5 Å². The number of aryl methyl sites for hydroxylation is 2. The highest BCUT2D eigenvalue weighted by Gasteiger charge is 2.25. The van der Waals surface area contributed by atoms with Crippen LogP contribution in [0, 0.1) is 5.92 Å². The maximum atomic E-state index is 13.5. The molecule has 4 aromatic rings. The number of imidazole rings is 1. The molecule has 10 heteroatoms. The average molecular weight is 533 g/mol. The van der Waals surface area contributed by atoms with Crippen LogP contribution in [0.1, 0.15) is 26.2 Å². The summed E-state index contributed by atoms with van der Waals surface area (Å²) >= 11 is 0. The summed E-state index contributed by atoms with van der Waals surface area (Å²) in [6.07, 6.45) is 7.17. The summed E-state index contributed by atoms with van der Waals surface area (Å²) in [4.78, 5) is 45.3. The van der Waals surface area contributed by atoms with E-state index < -0.39 is 0 Å². The van der Waals surface area contributed by atoms with Gasteiger partial charge in [0, 0.05) is 89.2 Å². The van der Waals surface area contributed by atoms with Gasteiger partial charge in [-0.15, -0.1) is 0 Å². The number of carbonyl (C=O) groups excluding carboxylic acids is 1. The first kappa shape index (κ1) is 25.5. The van der Waals surface area contributed by atoms with Crippen molar-refractivity contribution in [3.63, 3.8) is 0 Å². The molecular formula is C29H36N6O4. The smallest absolute Gasteiger partial charge is 0.328 e. The van der Waals surface area contributed by atoms with Crippen molar-refractivity contribution in [2.24, 2.45) is 20.0 Å². The molecule has 0 atom stereocenters. The molecule has 1 N–H and O–H groups in total. The van der Waals surface area contributed by atoms with Gasteiger partial charge in [0.2, 0.25) is 5.91 Å². The van der Waals surface area contributed by atoms with Crippen molar-refractivity contribution >= 4 is 27.8 Å². The van der Waals surface area contributed by atoms with E-state index >= 15 is 0 Å². The topological polar surface area (TPSA) is 97.5 Å². The molecule has 1 saturated heterocycles. The molecule has 1 aliphatic carbocycles. The number of piperazine rings is 1. The number of rotatable bonds is 7. The summed E-state index contributed by atoms with van der Waals surface area (Å²) in [5, 5.41) is 0.833. The third kappa shape index (κ3) is 4.46. The molecule has 0 unspecified atom stereocenters. The highest BCUT2D eigenvalue weighted by Crippen LogP contribution is 2.40. The molecule has 4 heterocycles. The van der Waals surface area contributed by atoms with Crippen LogP contribution in [-0.2, 0) is 25.4 Å². The second kappa shape index (κ2) is 10.1. The monoisotopic (exact) mass is 532 g/mol.